The van der Waals surface area contributed by atoms with Gasteiger partial charge in [0.25, 0.3) is 5.78 Å². The summed E-state index contributed by atoms with van der Waals surface area (Å²) in [4.78, 5) is 22.2. The summed E-state index contributed by atoms with van der Waals surface area (Å²) in [5.41, 5.74) is 0. The Balaban J connectivity index is 0. The van der Waals surface area contributed by atoms with Crippen LogP contribution in [0.25, 0.3) is 0 Å². The summed E-state index contributed by atoms with van der Waals surface area (Å²) >= 11 is 0. The molecular formula is C32H65NO7P+. The number of Topliss-reactive ketones (excluding diaryl/α,β-unsaturated/α-hetero) is 1. The Bertz CT molecular complexity index is 656. The lowest BCUT2D eigenvalue weighted by atomic mass is 10.0. The highest BCUT2D eigenvalue weighted by atomic mass is 31.1. The van der Waals surface area contributed by atoms with E-state index >= 15 is 0 Å². The van der Waals surface area contributed by atoms with E-state index in [1.54, 1.807) is 21.0 Å². The Morgan fingerprint density at radius 1 is 0.756 bits per heavy atom. The topological polar surface area (TPSA) is 138 Å². The minimum Gasteiger partial charge on any atom is -0.591 e. The molecule has 8 nitrogen and oxygen atoms in total. The van der Waals surface area contributed by atoms with Gasteiger partial charge in [0.2, 0.25) is 0 Å². The third-order valence-electron chi connectivity index (χ3n) is 7.75. The van der Waals surface area contributed by atoms with E-state index in [-0.39, 0.29) is 16.7 Å². The van der Waals surface area contributed by atoms with Gasteiger partial charge in [0.15, 0.2) is 12.1 Å². The molecule has 0 saturated heterocycles. The molecule has 4 unspecified atom stereocenters. The molecule has 0 aliphatic heterocycles. The molecule has 0 spiro atoms. The minimum atomic E-state index is -2.47. The van der Waals surface area contributed by atoms with Gasteiger partial charge >= 0.3 is 8.03 Å². The van der Waals surface area contributed by atoms with E-state index in [0.717, 1.165) is 12.8 Å². The standard InChI is InChI=1S/C25H48O3.C7H17NO4P/c1-3-4-5-6-7-8-9-10-11-12-13-14-15-16-17-18-19-20-21-22-24(27)25(28)23(2)26;1-6(13(11)12)8(2,3)5-4-7(9)10/h10-11,23,25-26,28H,3-9,12-22H2,1-2H3;6-7,9-10H,4-5H2,1-3H3/q;+1/b11-10-;. The van der Waals surface area contributed by atoms with Gasteiger partial charge in [-0.15, -0.1) is 0 Å². The van der Waals surface area contributed by atoms with E-state index in [0.29, 0.717) is 13.0 Å². The lowest BCUT2D eigenvalue weighted by molar-refractivity contribution is -0.901. The monoisotopic (exact) mass is 606 g/mol. The third kappa shape index (κ3) is 27.8. The van der Waals surface area contributed by atoms with Crippen molar-refractivity contribution in [3.8, 4) is 0 Å². The van der Waals surface area contributed by atoms with Crippen LogP contribution in [-0.4, -0.2) is 75.6 Å². The van der Waals surface area contributed by atoms with Crippen LogP contribution in [0.15, 0.2) is 12.2 Å². The van der Waals surface area contributed by atoms with Crippen molar-refractivity contribution in [1.29, 1.82) is 0 Å². The van der Waals surface area contributed by atoms with Crippen LogP contribution in [-0.2, 0) is 9.36 Å². The normalized spacial score (nSPS) is 14.6. The zero-order valence-corrected chi connectivity index (χ0v) is 27.9. The molecule has 0 heterocycles. The van der Waals surface area contributed by atoms with Gasteiger partial charge in [-0.2, -0.15) is 0 Å². The Kier molecular flexibility index (Phi) is 29.0. The fourth-order valence-electron chi connectivity index (χ4n) is 4.38. The first kappa shape index (κ1) is 42.4. The van der Waals surface area contributed by atoms with Gasteiger partial charge < -0.3 is 25.3 Å². The largest absolute Gasteiger partial charge is 0.591 e. The quantitative estimate of drug-likeness (QED) is 0.0307. The second kappa shape index (κ2) is 28.1. The van der Waals surface area contributed by atoms with Crippen LogP contribution >= 0.6 is 8.03 Å². The number of rotatable bonds is 26. The molecule has 4 atom stereocenters. The van der Waals surface area contributed by atoms with Crippen molar-refractivity contribution in [3.63, 3.8) is 0 Å². The van der Waals surface area contributed by atoms with E-state index in [9.17, 15) is 24.5 Å². The summed E-state index contributed by atoms with van der Waals surface area (Å²) in [6, 6.07) is 0. The molecule has 0 aliphatic rings. The Hall–Kier alpha value is -0.730. The molecule has 0 radical (unpaired) electrons. The van der Waals surface area contributed by atoms with Crippen LogP contribution in [0, 0.1) is 0 Å². The van der Waals surface area contributed by atoms with Crippen LogP contribution in [0.2, 0.25) is 0 Å². The lowest BCUT2D eigenvalue weighted by Crippen LogP contribution is -2.48. The zero-order valence-electron chi connectivity index (χ0n) is 27.0. The van der Waals surface area contributed by atoms with E-state index < -0.39 is 32.3 Å². The Morgan fingerprint density at radius 2 is 1.17 bits per heavy atom. The average molecular weight is 607 g/mol. The number of aliphatic hydroxyl groups is 4. The van der Waals surface area contributed by atoms with Gasteiger partial charge in [-0.1, -0.05) is 101 Å². The van der Waals surface area contributed by atoms with E-state index in [1.165, 1.54) is 103 Å². The molecule has 4 N–H and O–H groups in total. The first-order valence-electron chi connectivity index (χ1n) is 16.2. The van der Waals surface area contributed by atoms with Crippen molar-refractivity contribution in [3.05, 3.63) is 12.2 Å². The molecule has 0 amide bonds. The molecule has 41 heavy (non-hydrogen) atoms. The molecule has 0 saturated carbocycles. The first-order chi connectivity index (χ1) is 19.4. The highest BCUT2D eigenvalue weighted by Gasteiger charge is 2.33. The van der Waals surface area contributed by atoms with Gasteiger partial charge in [-0.05, 0) is 39.0 Å². The maximum Gasteiger partial charge on any atom is 0.372 e. The molecule has 0 fully saturated rings. The molecule has 9 heteroatoms. The fraction of sp³-hybridized carbons (Fsp3) is 0.906. The number of nitrogens with zero attached hydrogens (tertiary/aromatic N) is 1. The molecule has 0 aromatic heterocycles. The smallest absolute Gasteiger partial charge is 0.372 e. The van der Waals surface area contributed by atoms with Crippen molar-refractivity contribution in [2.75, 3.05) is 20.6 Å². The van der Waals surface area contributed by atoms with Gasteiger partial charge in [0.1, 0.15) is 6.10 Å². The van der Waals surface area contributed by atoms with E-state index in [4.69, 9.17) is 10.2 Å². The number of allylic oxidation sites excluding steroid dienone is 2. The van der Waals surface area contributed by atoms with Gasteiger partial charge in [0, 0.05) is 19.8 Å². The lowest BCUT2D eigenvalue weighted by Gasteiger charge is -2.30. The van der Waals surface area contributed by atoms with Crippen LogP contribution in [0.5, 0.6) is 0 Å². The average Bonchev–Trinajstić information content (AvgIpc) is 2.92. The van der Waals surface area contributed by atoms with Crippen molar-refractivity contribution >= 4 is 13.8 Å². The Labute approximate surface area is 252 Å². The SMILES string of the molecule is CC([P+](=O)[O-])[N+](C)(C)CCC(O)O.CCCCCCCC/C=C\CCCCCCCCCCCC(=O)C(O)C(C)O. The fourth-order valence-corrected chi connectivity index (χ4v) is 5.01. The first-order valence-corrected chi connectivity index (χ1v) is 17.5. The summed E-state index contributed by atoms with van der Waals surface area (Å²) in [6.07, 6.45) is 23.5. The molecular weight excluding hydrogens is 541 g/mol. The van der Waals surface area contributed by atoms with Crippen LogP contribution in [0.4, 0.5) is 0 Å². The van der Waals surface area contributed by atoms with E-state index in [2.05, 4.69) is 19.1 Å². The number of carbonyl (C=O) groups is 1. The summed E-state index contributed by atoms with van der Waals surface area (Å²) in [6.45, 7) is 5.75. The number of quaternary nitrogens is 1. The summed E-state index contributed by atoms with van der Waals surface area (Å²) in [5.74, 6) is -0.732. The molecule has 0 bridgehead atoms. The highest BCUT2D eigenvalue weighted by Crippen LogP contribution is 2.25. The third-order valence-corrected chi connectivity index (χ3v) is 8.99. The number of unbranched alkanes of at least 4 members (excludes halogenated alkanes) is 15. The highest BCUT2D eigenvalue weighted by molar-refractivity contribution is 7.37. The molecule has 0 aromatic carbocycles. The molecule has 0 aromatic rings. The van der Waals surface area contributed by atoms with Crippen LogP contribution < -0.4 is 4.89 Å². The maximum atomic E-state index is 11.6. The van der Waals surface area contributed by atoms with E-state index in [1.807, 2.05) is 0 Å². The second-order valence-electron chi connectivity index (χ2n) is 12.1. The summed E-state index contributed by atoms with van der Waals surface area (Å²) in [5, 5.41) is 35.9. The number of hydrogen-bond donors (Lipinski definition) is 4. The Morgan fingerprint density at radius 3 is 1.56 bits per heavy atom. The van der Waals surface area contributed by atoms with Crippen molar-refractivity contribution in [1.82, 2.24) is 0 Å². The minimum absolute atomic E-state index is 0.181. The van der Waals surface area contributed by atoms with Crippen molar-refractivity contribution in [2.24, 2.45) is 0 Å². The number of ketones is 1. The van der Waals surface area contributed by atoms with Gasteiger partial charge in [0.05, 0.1) is 26.7 Å². The molecule has 244 valence electrons. The van der Waals surface area contributed by atoms with Crippen LogP contribution in [0.1, 0.15) is 143 Å². The van der Waals surface area contributed by atoms with Crippen molar-refractivity contribution < 1.29 is 39.2 Å². The summed E-state index contributed by atoms with van der Waals surface area (Å²) < 4.78 is 10.9. The predicted octanol–water partition coefficient (Wildman–Crippen LogP) is 6.11. The number of hydrogen-bond acceptors (Lipinski definition) is 7. The van der Waals surface area contributed by atoms with Gasteiger partial charge in [-0.25, -0.2) is 0 Å². The predicted molar refractivity (Wildman–Crippen MR) is 168 cm³/mol. The summed E-state index contributed by atoms with van der Waals surface area (Å²) in [7, 11) is 1.02. The molecule has 0 aliphatic carbocycles. The zero-order chi connectivity index (χ0) is 31.5. The number of aliphatic hydroxyl groups excluding tert-OH is 3. The number of carbonyl (C=O) groups excluding carboxylic acids is 1. The molecule has 0 rings (SSSR count). The van der Waals surface area contributed by atoms with Crippen molar-refractivity contribution in [2.45, 2.75) is 167 Å². The van der Waals surface area contributed by atoms with Gasteiger partial charge in [-0.3, -0.25) is 9.28 Å². The second-order valence-corrected chi connectivity index (χ2v) is 13.4. The maximum absolute atomic E-state index is 11.6. The van der Waals surface area contributed by atoms with Crippen LogP contribution in [0.3, 0.4) is 0 Å².